The van der Waals surface area contributed by atoms with Crippen molar-refractivity contribution in [1.82, 2.24) is 4.31 Å². The van der Waals surface area contributed by atoms with E-state index in [2.05, 4.69) is 0 Å². The molecule has 1 unspecified atom stereocenters. The van der Waals surface area contributed by atoms with Crippen LogP contribution in [-0.4, -0.2) is 48.1 Å². The summed E-state index contributed by atoms with van der Waals surface area (Å²) in [6, 6.07) is 1.12. The van der Waals surface area contributed by atoms with Gasteiger partial charge in [0, 0.05) is 6.54 Å². The molecule has 0 saturated heterocycles. The fourth-order valence-corrected chi connectivity index (χ4v) is 5.11. The molecule has 7 heteroatoms. The van der Waals surface area contributed by atoms with Gasteiger partial charge in [-0.15, -0.1) is 0 Å². The average Bonchev–Trinajstić information content (AvgIpc) is 2.91. The summed E-state index contributed by atoms with van der Waals surface area (Å²) in [7, 11) is -3.82. The fourth-order valence-electron chi connectivity index (χ4n) is 3.12. The minimum atomic E-state index is -3.82. The molecule has 1 aromatic rings. The third-order valence-corrected chi connectivity index (χ3v) is 6.34. The van der Waals surface area contributed by atoms with Crippen molar-refractivity contribution >= 4 is 16.0 Å². The number of carboxylic acids is 1. The van der Waals surface area contributed by atoms with Crippen molar-refractivity contribution < 1.29 is 23.4 Å². The van der Waals surface area contributed by atoms with Crippen LogP contribution in [0.1, 0.15) is 22.3 Å². The molecule has 0 aromatic heterocycles. The molecule has 2 rings (SSSR count). The number of sulfonamides is 1. The maximum absolute atomic E-state index is 13.0. The molecule has 0 bridgehead atoms. The molecule has 0 fully saturated rings. The Balaban J connectivity index is 2.61. The molecule has 6 nitrogen and oxygen atoms in total. The first kappa shape index (κ1) is 17.7. The van der Waals surface area contributed by atoms with Crippen molar-refractivity contribution in [2.45, 2.75) is 38.1 Å². The van der Waals surface area contributed by atoms with E-state index in [4.69, 9.17) is 5.11 Å². The largest absolute Gasteiger partial charge is 0.481 e. The zero-order chi connectivity index (χ0) is 17.4. The molecular weight excluding hydrogens is 318 g/mol. The van der Waals surface area contributed by atoms with Gasteiger partial charge in [-0.1, -0.05) is 18.2 Å². The van der Waals surface area contributed by atoms with Crippen LogP contribution < -0.4 is 0 Å². The predicted octanol–water partition coefficient (Wildman–Crippen LogP) is 1.16. The summed E-state index contributed by atoms with van der Waals surface area (Å²) in [5.74, 6) is -1.00. The van der Waals surface area contributed by atoms with Crippen molar-refractivity contribution in [3.8, 4) is 0 Å². The first-order valence-corrected chi connectivity index (χ1v) is 8.75. The van der Waals surface area contributed by atoms with Crippen LogP contribution in [0.15, 0.2) is 23.1 Å². The van der Waals surface area contributed by atoms with Gasteiger partial charge in [-0.3, -0.25) is 4.79 Å². The van der Waals surface area contributed by atoms with Crippen LogP contribution in [0.2, 0.25) is 0 Å². The summed E-state index contributed by atoms with van der Waals surface area (Å²) in [5.41, 5.74) is 2.33. The maximum Gasteiger partial charge on any atom is 0.307 e. The minimum Gasteiger partial charge on any atom is -0.481 e. The van der Waals surface area contributed by atoms with E-state index in [1.165, 1.54) is 4.31 Å². The van der Waals surface area contributed by atoms with Crippen LogP contribution in [0, 0.1) is 20.8 Å². The number of aliphatic hydroxyl groups excluding tert-OH is 1. The molecule has 1 aliphatic rings. The molecule has 0 spiro atoms. The highest BCUT2D eigenvalue weighted by Gasteiger charge is 2.34. The number of aryl methyl sites for hydroxylation is 2. The molecule has 0 saturated carbocycles. The minimum absolute atomic E-state index is 0.140. The van der Waals surface area contributed by atoms with Crippen LogP contribution in [0.25, 0.3) is 0 Å². The highest BCUT2D eigenvalue weighted by atomic mass is 32.2. The van der Waals surface area contributed by atoms with E-state index in [-0.39, 0.29) is 24.5 Å². The number of hydrogen-bond donors (Lipinski definition) is 2. The summed E-state index contributed by atoms with van der Waals surface area (Å²) in [6.45, 7) is 5.04. The lowest BCUT2D eigenvalue weighted by atomic mass is 9.97. The van der Waals surface area contributed by atoms with Gasteiger partial charge in [0.2, 0.25) is 10.0 Å². The highest BCUT2D eigenvalue weighted by Crippen LogP contribution is 2.31. The predicted molar refractivity (Wildman–Crippen MR) is 85.9 cm³/mol. The molecule has 1 heterocycles. The summed E-state index contributed by atoms with van der Waals surface area (Å²) in [4.78, 5) is 11.2. The van der Waals surface area contributed by atoms with Gasteiger partial charge in [-0.2, -0.15) is 4.31 Å². The number of rotatable bonds is 5. The number of hydrogen-bond acceptors (Lipinski definition) is 4. The number of carboxylic acid groups (broad SMARTS) is 1. The quantitative estimate of drug-likeness (QED) is 0.785. The summed E-state index contributed by atoms with van der Waals surface area (Å²) >= 11 is 0. The number of carbonyl (C=O) groups is 1. The Hall–Kier alpha value is -1.70. The molecular formula is C16H21NO5S. The zero-order valence-corrected chi connectivity index (χ0v) is 14.2. The van der Waals surface area contributed by atoms with E-state index in [1.807, 2.05) is 0 Å². The molecule has 1 aromatic carbocycles. The number of aliphatic carboxylic acids is 1. The van der Waals surface area contributed by atoms with Crippen LogP contribution in [-0.2, 0) is 21.2 Å². The second kappa shape index (κ2) is 6.43. The maximum atomic E-state index is 13.0. The lowest BCUT2D eigenvalue weighted by molar-refractivity contribution is -0.136. The summed E-state index contributed by atoms with van der Waals surface area (Å²) in [5, 5.41) is 18.4. The lowest BCUT2D eigenvalue weighted by Crippen LogP contribution is -2.38. The SMILES string of the molecule is Cc1cc(C)c(S(=O)(=O)N2CC=CC2CO)c(C)c1CC(=O)O. The molecule has 0 radical (unpaired) electrons. The van der Waals surface area contributed by atoms with Crippen molar-refractivity contribution in [3.05, 3.63) is 40.5 Å². The van der Waals surface area contributed by atoms with Crippen molar-refractivity contribution in [3.63, 3.8) is 0 Å². The topological polar surface area (TPSA) is 94.9 Å². The van der Waals surface area contributed by atoms with E-state index in [1.54, 1.807) is 39.0 Å². The van der Waals surface area contributed by atoms with Crippen LogP contribution in [0.5, 0.6) is 0 Å². The third-order valence-electron chi connectivity index (χ3n) is 4.16. The number of aliphatic hydroxyl groups is 1. The van der Waals surface area contributed by atoms with E-state index in [0.717, 1.165) is 5.56 Å². The van der Waals surface area contributed by atoms with Gasteiger partial charge < -0.3 is 10.2 Å². The van der Waals surface area contributed by atoms with Gasteiger partial charge in [0.05, 0.1) is 24.0 Å². The van der Waals surface area contributed by atoms with Crippen LogP contribution in [0.3, 0.4) is 0 Å². The van der Waals surface area contributed by atoms with Gasteiger partial charge in [0.1, 0.15) is 0 Å². The first-order valence-electron chi connectivity index (χ1n) is 7.31. The second-order valence-electron chi connectivity index (χ2n) is 5.77. The molecule has 2 N–H and O–H groups in total. The standard InChI is InChI=1S/C16H21NO5S/c1-10-7-11(2)16(12(3)14(10)8-15(19)20)23(21,22)17-6-4-5-13(17)9-18/h4-5,7,13,18H,6,8-9H2,1-3H3,(H,19,20). The van der Waals surface area contributed by atoms with Crippen molar-refractivity contribution in [2.75, 3.05) is 13.2 Å². The third kappa shape index (κ3) is 3.17. The summed E-state index contributed by atoms with van der Waals surface area (Å²) in [6.07, 6.45) is 3.15. The Bertz CT molecular complexity index is 767. The molecule has 1 atom stereocenters. The Morgan fingerprint density at radius 3 is 2.52 bits per heavy atom. The normalized spacial score (nSPS) is 18.5. The molecule has 0 amide bonds. The smallest absolute Gasteiger partial charge is 0.307 e. The van der Waals surface area contributed by atoms with E-state index in [0.29, 0.717) is 16.7 Å². The molecule has 126 valence electrons. The van der Waals surface area contributed by atoms with E-state index in [9.17, 15) is 18.3 Å². The van der Waals surface area contributed by atoms with E-state index >= 15 is 0 Å². The molecule has 0 aliphatic carbocycles. The fraction of sp³-hybridized carbons (Fsp3) is 0.438. The van der Waals surface area contributed by atoms with Gasteiger partial charge in [-0.25, -0.2) is 8.42 Å². The number of nitrogens with zero attached hydrogens (tertiary/aromatic N) is 1. The van der Waals surface area contributed by atoms with Crippen molar-refractivity contribution in [1.29, 1.82) is 0 Å². The molecule has 1 aliphatic heterocycles. The van der Waals surface area contributed by atoms with Gasteiger partial charge in [-0.05, 0) is 43.0 Å². The monoisotopic (exact) mass is 339 g/mol. The zero-order valence-electron chi connectivity index (χ0n) is 13.4. The Morgan fingerprint density at radius 2 is 1.96 bits per heavy atom. The Morgan fingerprint density at radius 1 is 1.30 bits per heavy atom. The highest BCUT2D eigenvalue weighted by molar-refractivity contribution is 7.89. The van der Waals surface area contributed by atoms with E-state index < -0.39 is 22.0 Å². The van der Waals surface area contributed by atoms with Crippen molar-refractivity contribution in [2.24, 2.45) is 0 Å². The van der Waals surface area contributed by atoms with Crippen LogP contribution in [0.4, 0.5) is 0 Å². The van der Waals surface area contributed by atoms with Crippen LogP contribution >= 0.6 is 0 Å². The number of benzene rings is 1. The van der Waals surface area contributed by atoms with Gasteiger partial charge in [0.25, 0.3) is 0 Å². The lowest BCUT2D eigenvalue weighted by Gasteiger charge is -2.25. The summed E-state index contributed by atoms with van der Waals surface area (Å²) < 4.78 is 27.3. The average molecular weight is 339 g/mol. The second-order valence-corrected chi connectivity index (χ2v) is 7.59. The first-order chi connectivity index (χ1) is 10.7. The Labute approximate surface area is 136 Å². The van der Waals surface area contributed by atoms with Gasteiger partial charge >= 0.3 is 5.97 Å². The van der Waals surface area contributed by atoms with Gasteiger partial charge in [0.15, 0.2) is 0 Å². The Kier molecular flexibility index (Phi) is 4.93. The molecule has 23 heavy (non-hydrogen) atoms.